The Labute approximate surface area is 93.9 Å². The monoisotopic (exact) mass is 224 g/mol. The van der Waals surface area contributed by atoms with Crippen molar-refractivity contribution in [2.45, 2.75) is 13.0 Å². The van der Waals surface area contributed by atoms with Crippen LogP contribution in [-0.4, -0.2) is 35.4 Å². The van der Waals surface area contributed by atoms with Gasteiger partial charge < -0.3 is 21.3 Å². The van der Waals surface area contributed by atoms with Gasteiger partial charge >= 0.3 is 0 Å². The van der Waals surface area contributed by atoms with E-state index in [1.807, 2.05) is 0 Å². The first-order chi connectivity index (χ1) is 7.58. The van der Waals surface area contributed by atoms with Crippen molar-refractivity contribution in [2.75, 3.05) is 18.9 Å². The van der Waals surface area contributed by atoms with Crippen LogP contribution in [-0.2, 0) is 0 Å². The van der Waals surface area contributed by atoms with E-state index in [2.05, 4.69) is 5.32 Å². The summed E-state index contributed by atoms with van der Waals surface area (Å²) in [6.07, 6.45) is 0. The molecule has 1 rings (SSSR count). The molecule has 1 aromatic rings. The van der Waals surface area contributed by atoms with E-state index in [9.17, 15) is 4.79 Å². The van der Waals surface area contributed by atoms with Gasteiger partial charge in [0.25, 0.3) is 5.91 Å². The number of nitrogens with one attached hydrogen (secondary N) is 1. The third-order valence-electron chi connectivity index (χ3n) is 2.27. The Morgan fingerprint density at radius 1 is 1.44 bits per heavy atom. The number of amides is 1. The maximum Gasteiger partial charge on any atom is 0.251 e. The summed E-state index contributed by atoms with van der Waals surface area (Å²) < 4.78 is 0. The van der Waals surface area contributed by atoms with Crippen molar-refractivity contribution in [3.05, 3.63) is 29.3 Å². The first-order valence-electron chi connectivity index (χ1n) is 4.97. The molecule has 5 heteroatoms. The molecule has 0 aliphatic carbocycles. The molecule has 0 saturated carbocycles. The summed E-state index contributed by atoms with van der Waals surface area (Å²) >= 11 is 0. The molecule has 0 saturated heterocycles. The highest BCUT2D eigenvalue weighted by molar-refractivity contribution is 5.96. The quantitative estimate of drug-likeness (QED) is 0.526. The van der Waals surface area contributed by atoms with Crippen molar-refractivity contribution in [2.24, 2.45) is 0 Å². The zero-order chi connectivity index (χ0) is 12.1. The average Bonchev–Trinajstić information content (AvgIpc) is 2.25. The molecule has 1 aromatic carbocycles. The van der Waals surface area contributed by atoms with Crippen LogP contribution in [0.3, 0.4) is 0 Å². The van der Waals surface area contributed by atoms with Crippen molar-refractivity contribution in [3.8, 4) is 0 Å². The van der Waals surface area contributed by atoms with Gasteiger partial charge in [0.2, 0.25) is 0 Å². The summed E-state index contributed by atoms with van der Waals surface area (Å²) in [5.74, 6) is -0.328. The van der Waals surface area contributed by atoms with E-state index >= 15 is 0 Å². The molecular weight excluding hydrogens is 208 g/mol. The van der Waals surface area contributed by atoms with Gasteiger partial charge in [0.15, 0.2) is 0 Å². The van der Waals surface area contributed by atoms with Crippen molar-refractivity contribution in [1.82, 2.24) is 5.32 Å². The maximum atomic E-state index is 11.7. The summed E-state index contributed by atoms with van der Waals surface area (Å²) in [6, 6.07) is 4.31. The number of anilines is 1. The summed E-state index contributed by atoms with van der Waals surface area (Å²) in [4.78, 5) is 11.7. The Morgan fingerprint density at radius 2 is 2.06 bits per heavy atom. The number of carbonyl (C=O) groups is 1. The Balaban J connectivity index is 2.80. The highest BCUT2D eigenvalue weighted by Gasteiger charge is 2.13. The molecule has 88 valence electrons. The zero-order valence-electron chi connectivity index (χ0n) is 9.10. The summed E-state index contributed by atoms with van der Waals surface area (Å²) in [6.45, 7) is 1.19. The lowest BCUT2D eigenvalue weighted by molar-refractivity contribution is 0.0879. The van der Waals surface area contributed by atoms with Crippen LogP contribution < -0.4 is 11.1 Å². The van der Waals surface area contributed by atoms with Gasteiger partial charge in [-0.2, -0.15) is 0 Å². The largest absolute Gasteiger partial charge is 0.399 e. The molecule has 16 heavy (non-hydrogen) atoms. The molecule has 0 heterocycles. The second-order valence-electron chi connectivity index (χ2n) is 3.61. The molecule has 0 atom stereocenters. The lowest BCUT2D eigenvalue weighted by atomic mass is 10.1. The van der Waals surface area contributed by atoms with Gasteiger partial charge in [0.1, 0.15) is 0 Å². The van der Waals surface area contributed by atoms with Crippen LogP contribution in [0.15, 0.2) is 18.2 Å². The summed E-state index contributed by atoms with van der Waals surface area (Å²) in [5, 5.41) is 20.2. The summed E-state index contributed by atoms with van der Waals surface area (Å²) in [5.41, 5.74) is 7.41. The third-order valence-corrected chi connectivity index (χ3v) is 2.27. The summed E-state index contributed by atoms with van der Waals surface area (Å²) in [7, 11) is 0. The highest BCUT2D eigenvalue weighted by Crippen LogP contribution is 2.12. The SMILES string of the molecule is Cc1cc(N)ccc1C(=O)NC(CO)CO. The number of carbonyl (C=O) groups excluding carboxylic acids is 1. The Morgan fingerprint density at radius 3 is 2.56 bits per heavy atom. The number of nitrogen functional groups attached to an aromatic ring is 1. The first-order valence-corrected chi connectivity index (χ1v) is 4.97. The van der Waals surface area contributed by atoms with Crippen LogP contribution in [0, 0.1) is 6.92 Å². The van der Waals surface area contributed by atoms with Gasteiger partial charge in [-0.05, 0) is 30.7 Å². The fourth-order valence-electron chi connectivity index (χ4n) is 1.35. The van der Waals surface area contributed by atoms with E-state index in [1.165, 1.54) is 0 Å². The van der Waals surface area contributed by atoms with E-state index in [4.69, 9.17) is 15.9 Å². The van der Waals surface area contributed by atoms with Crippen LogP contribution in [0.1, 0.15) is 15.9 Å². The minimum absolute atomic E-state index is 0.295. The fourth-order valence-corrected chi connectivity index (χ4v) is 1.35. The third kappa shape index (κ3) is 2.95. The number of aliphatic hydroxyl groups is 2. The molecule has 0 unspecified atom stereocenters. The predicted molar refractivity (Wildman–Crippen MR) is 61.0 cm³/mol. The topological polar surface area (TPSA) is 95.6 Å². The van der Waals surface area contributed by atoms with E-state index in [0.29, 0.717) is 11.3 Å². The second kappa shape index (κ2) is 5.48. The first kappa shape index (κ1) is 12.5. The molecule has 1 amide bonds. The molecule has 0 bridgehead atoms. The van der Waals surface area contributed by atoms with Crippen molar-refractivity contribution >= 4 is 11.6 Å². The highest BCUT2D eigenvalue weighted by atomic mass is 16.3. The molecule has 0 spiro atoms. The number of hydrogen-bond donors (Lipinski definition) is 4. The zero-order valence-corrected chi connectivity index (χ0v) is 9.10. The van der Waals surface area contributed by atoms with Gasteiger partial charge in [-0.1, -0.05) is 0 Å². The lowest BCUT2D eigenvalue weighted by Crippen LogP contribution is -2.40. The van der Waals surface area contributed by atoms with Gasteiger partial charge in [-0.3, -0.25) is 4.79 Å². The van der Waals surface area contributed by atoms with Gasteiger partial charge in [-0.25, -0.2) is 0 Å². The van der Waals surface area contributed by atoms with Crippen molar-refractivity contribution in [1.29, 1.82) is 0 Å². The van der Waals surface area contributed by atoms with Crippen LogP contribution >= 0.6 is 0 Å². The van der Waals surface area contributed by atoms with Crippen molar-refractivity contribution in [3.63, 3.8) is 0 Å². The number of aryl methyl sites for hydroxylation is 1. The van der Waals surface area contributed by atoms with Crippen LogP contribution in [0.2, 0.25) is 0 Å². The van der Waals surface area contributed by atoms with Crippen LogP contribution in [0.4, 0.5) is 5.69 Å². The number of aliphatic hydroxyl groups excluding tert-OH is 2. The lowest BCUT2D eigenvalue weighted by Gasteiger charge is -2.14. The number of benzene rings is 1. The molecular formula is C11H16N2O3. The number of rotatable bonds is 4. The molecule has 0 aromatic heterocycles. The standard InChI is InChI=1S/C11H16N2O3/c1-7-4-8(12)2-3-10(7)11(16)13-9(5-14)6-15/h2-4,9,14-15H,5-6,12H2,1H3,(H,13,16). The predicted octanol–water partition coefficient (Wildman–Crippen LogP) is -0.340. The minimum atomic E-state index is -0.635. The minimum Gasteiger partial charge on any atom is -0.399 e. The average molecular weight is 224 g/mol. The molecule has 5 nitrogen and oxygen atoms in total. The van der Waals surface area contributed by atoms with E-state index in [0.717, 1.165) is 5.56 Å². The van der Waals surface area contributed by atoms with Gasteiger partial charge in [-0.15, -0.1) is 0 Å². The normalized spacial score (nSPS) is 10.5. The van der Waals surface area contributed by atoms with Gasteiger partial charge in [0, 0.05) is 11.3 Å². The maximum absolute atomic E-state index is 11.7. The molecule has 5 N–H and O–H groups in total. The molecule has 0 aliphatic rings. The van der Waals surface area contributed by atoms with E-state index in [1.54, 1.807) is 25.1 Å². The van der Waals surface area contributed by atoms with Crippen LogP contribution in [0.5, 0.6) is 0 Å². The molecule has 0 radical (unpaired) electrons. The molecule has 0 aliphatic heterocycles. The Bertz CT molecular complexity index is 375. The Kier molecular flexibility index (Phi) is 4.28. The number of nitrogens with two attached hydrogens (primary N) is 1. The smallest absolute Gasteiger partial charge is 0.251 e. The molecule has 0 fully saturated rings. The Hall–Kier alpha value is -1.59. The van der Waals surface area contributed by atoms with Crippen molar-refractivity contribution < 1.29 is 15.0 Å². The van der Waals surface area contributed by atoms with Crippen LogP contribution in [0.25, 0.3) is 0 Å². The van der Waals surface area contributed by atoms with E-state index < -0.39 is 6.04 Å². The number of hydrogen-bond acceptors (Lipinski definition) is 4. The second-order valence-corrected chi connectivity index (χ2v) is 3.61. The van der Waals surface area contributed by atoms with Gasteiger partial charge in [0.05, 0.1) is 19.3 Å². The fraction of sp³-hybridized carbons (Fsp3) is 0.364. The van der Waals surface area contributed by atoms with E-state index in [-0.39, 0.29) is 19.1 Å².